The highest BCUT2D eigenvalue weighted by Crippen LogP contribution is 2.07. The molecular formula is C9H7N7O2. The zero-order valence-electron chi connectivity index (χ0n) is 8.94. The van der Waals surface area contributed by atoms with E-state index in [1.165, 1.54) is 10.7 Å². The summed E-state index contributed by atoms with van der Waals surface area (Å²) in [6.07, 6.45) is 2.93. The van der Waals surface area contributed by atoms with E-state index in [1.54, 1.807) is 18.3 Å². The zero-order chi connectivity index (χ0) is 12.7. The molecule has 0 aliphatic rings. The summed E-state index contributed by atoms with van der Waals surface area (Å²) in [5.74, 6) is 0. The summed E-state index contributed by atoms with van der Waals surface area (Å²) in [6.45, 7) is 0. The van der Waals surface area contributed by atoms with Gasteiger partial charge in [0.15, 0.2) is 11.2 Å². The van der Waals surface area contributed by atoms with Crippen molar-refractivity contribution in [1.82, 2.24) is 24.5 Å². The molecule has 3 rings (SSSR count). The van der Waals surface area contributed by atoms with Crippen molar-refractivity contribution in [3.63, 3.8) is 0 Å². The van der Waals surface area contributed by atoms with Crippen molar-refractivity contribution < 1.29 is 4.79 Å². The number of nitrogens with zero attached hydrogens (tertiary/aromatic N) is 5. The summed E-state index contributed by atoms with van der Waals surface area (Å²) >= 11 is 0. The number of urea groups is 1. The number of hydrogen-bond acceptors (Lipinski definition) is 5. The van der Waals surface area contributed by atoms with Gasteiger partial charge in [-0.3, -0.25) is 4.79 Å². The summed E-state index contributed by atoms with van der Waals surface area (Å²) < 4.78 is 2.42. The van der Waals surface area contributed by atoms with Gasteiger partial charge in [-0.25, -0.2) is 19.4 Å². The molecular weight excluding hydrogens is 238 g/mol. The highest BCUT2D eigenvalue weighted by atomic mass is 16.2. The second-order valence-electron chi connectivity index (χ2n) is 3.50. The van der Waals surface area contributed by atoms with Crippen LogP contribution in [0.2, 0.25) is 0 Å². The summed E-state index contributed by atoms with van der Waals surface area (Å²) in [7, 11) is 0. The summed E-state index contributed by atoms with van der Waals surface area (Å²) in [5, 5.41) is 11.7. The van der Waals surface area contributed by atoms with Crippen LogP contribution in [0.3, 0.4) is 0 Å². The molecule has 0 saturated carbocycles. The molecule has 0 unspecified atom stereocenters. The highest BCUT2D eigenvalue weighted by molar-refractivity contribution is 5.81. The van der Waals surface area contributed by atoms with Crippen molar-refractivity contribution in [2.24, 2.45) is 5.73 Å². The normalized spacial score (nSPS) is 10.9. The van der Waals surface area contributed by atoms with E-state index >= 15 is 0 Å². The number of hydrogen-bond donors (Lipinski definition) is 2. The lowest BCUT2D eigenvalue weighted by atomic mass is 10.4. The van der Waals surface area contributed by atoms with E-state index in [2.05, 4.69) is 20.7 Å². The van der Waals surface area contributed by atoms with E-state index in [-0.39, 0.29) is 5.52 Å². The van der Waals surface area contributed by atoms with Gasteiger partial charge in [0, 0.05) is 12.3 Å². The van der Waals surface area contributed by atoms with Gasteiger partial charge in [-0.05, 0) is 6.07 Å². The second kappa shape index (κ2) is 3.52. The molecule has 3 N–H and O–H groups in total. The first kappa shape index (κ1) is 10.2. The predicted octanol–water partition coefficient (Wildman–Crippen LogP) is -0.939. The van der Waals surface area contributed by atoms with Gasteiger partial charge in [-0.15, -0.1) is 10.2 Å². The second-order valence-corrected chi connectivity index (χ2v) is 3.50. The number of fused-ring (bicyclic) bond motifs is 3. The minimum atomic E-state index is -0.843. The minimum Gasteiger partial charge on any atom is -0.350 e. The lowest BCUT2D eigenvalue weighted by molar-refractivity contribution is 0.257. The maximum absolute atomic E-state index is 12.0. The van der Waals surface area contributed by atoms with Gasteiger partial charge in [0.1, 0.15) is 5.52 Å². The van der Waals surface area contributed by atoms with Gasteiger partial charge in [-0.2, -0.15) is 5.10 Å². The molecule has 0 bridgehead atoms. The van der Waals surface area contributed by atoms with Gasteiger partial charge in [0.2, 0.25) is 0 Å². The lowest BCUT2D eigenvalue weighted by Crippen LogP contribution is -2.36. The number of aromatic nitrogens is 5. The fourth-order valence-corrected chi connectivity index (χ4v) is 1.65. The molecule has 9 nitrogen and oxygen atoms in total. The summed E-state index contributed by atoms with van der Waals surface area (Å²) in [4.78, 5) is 22.7. The molecule has 0 atom stereocenters. The number of carbonyl (C=O) groups excluding carboxylic acids is 1. The first-order chi connectivity index (χ1) is 8.66. The molecule has 0 saturated heterocycles. The molecule has 0 aromatic carbocycles. The molecule has 90 valence electrons. The summed E-state index contributed by atoms with van der Waals surface area (Å²) in [6, 6.07) is 2.41. The molecule has 0 spiro atoms. The van der Waals surface area contributed by atoms with Crippen LogP contribution in [0.15, 0.2) is 29.3 Å². The number of carbonyl (C=O) groups is 1. The molecule has 9 heteroatoms. The van der Waals surface area contributed by atoms with Crippen LogP contribution in [0, 0.1) is 0 Å². The average Bonchev–Trinajstić information content (AvgIpc) is 2.80. The van der Waals surface area contributed by atoms with Crippen molar-refractivity contribution in [1.29, 1.82) is 0 Å². The van der Waals surface area contributed by atoms with Crippen molar-refractivity contribution in [3.05, 3.63) is 34.9 Å². The van der Waals surface area contributed by atoms with Crippen LogP contribution in [0.1, 0.15) is 0 Å². The third kappa shape index (κ3) is 1.38. The maximum atomic E-state index is 12.0. The quantitative estimate of drug-likeness (QED) is 0.573. The molecule has 3 aromatic heterocycles. The first-order valence-electron chi connectivity index (χ1n) is 4.95. The smallest absolute Gasteiger partial charge is 0.331 e. The van der Waals surface area contributed by atoms with E-state index in [0.29, 0.717) is 11.2 Å². The first-order valence-corrected chi connectivity index (χ1v) is 4.95. The van der Waals surface area contributed by atoms with E-state index in [1.807, 2.05) is 0 Å². The maximum Gasteiger partial charge on any atom is 0.331 e. The van der Waals surface area contributed by atoms with Crippen molar-refractivity contribution in [2.75, 3.05) is 5.43 Å². The Bertz CT molecular complexity index is 819. The van der Waals surface area contributed by atoms with Crippen LogP contribution >= 0.6 is 0 Å². The number of nitrogens with one attached hydrogen (secondary N) is 1. The van der Waals surface area contributed by atoms with Crippen LogP contribution in [0.5, 0.6) is 0 Å². The van der Waals surface area contributed by atoms with Crippen LogP contribution in [0.4, 0.5) is 4.79 Å². The molecule has 0 aliphatic heterocycles. The fourth-order valence-electron chi connectivity index (χ4n) is 1.65. The molecule has 0 aliphatic carbocycles. The molecule has 3 aromatic rings. The van der Waals surface area contributed by atoms with Gasteiger partial charge in [-0.1, -0.05) is 0 Å². The third-order valence-electron chi connectivity index (χ3n) is 2.38. The Morgan fingerprint density at radius 2 is 2.17 bits per heavy atom. The molecule has 2 amide bonds. The van der Waals surface area contributed by atoms with Gasteiger partial charge in [0.25, 0.3) is 5.56 Å². The molecule has 3 heterocycles. The number of rotatable bonds is 1. The van der Waals surface area contributed by atoms with Crippen LogP contribution in [-0.2, 0) is 0 Å². The van der Waals surface area contributed by atoms with Crippen LogP contribution in [0.25, 0.3) is 16.7 Å². The third-order valence-corrected chi connectivity index (χ3v) is 2.38. The highest BCUT2D eigenvalue weighted by Gasteiger charge is 2.09. The van der Waals surface area contributed by atoms with E-state index in [9.17, 15) is 9.59 Å². The standard InChI is InChI=1S/C9H7N7O2/c10-9(18)14-15-4-2-5-7(8(15)17)13-12-6-1-3-11-16(5)6/h1-4H,(H3,10,14,18). The van der Waals surface area contributed by atoms with Gasteiger partial charge >= 0.3 is 6.03 Å². The lowest BCUT2D eigenvalue weighted by Gasteiger charge is -2.06. The van der Waals surface area contributed by atoms with Crippen molar-refractivity contribution in [2.45, 2.75) is 0 Å². The molecule has 0 fully saturated rings. The molecule has 18 heavy (non-hydrogen) atoms. The average molecular weight is 245 g/mol. The van der Waals surface area contributed by atoms with Crippen molar-refractivity contribution >= 4 is 22.7 Å². The summed E-state index contributed by atoms with van der Waals surface area (Å²) in [5.41, 5.74) is 7.68. The minimum absolute atomic E-state index is 0.0856. The van der Waals surface area contributed by atoms with Gasteiger partial charge < -0.3 is 5.73 Å². The Morgan fingerprint density at radius 3 is 2.94 bits per heavy atom. The SMILES string of the molecule is NC(=O)Nn1ccc2c(nnc3ccnn32)c1=O. The predicted molar refractivity (Wildman–Crippen MR) is 61.5 cm³/mol. The fraction of sp³-hybridized carbons (Fsp3) is 0. The van der Waals surface area contributed by atoms with E-state index in [4.69, 9.17) is 5.73 Å². The van der Waals surface area contributed by atoms with E-state index in [0.717, 1.165) is 4.68 Å². The number of amides is 2. The van der Waals surface area contributed by atoms with Crippen molar-refractivity contribution in [3.8, 4) is 0 Å². The Hall–Kier alpha value is -2.97. The number of pyridine rings is 1. The largest absolute Gasteiger partial charge is 0.350 e. The monoisotopic (exact) mass is 245 g/mol. The zero-order valence-corrected chi connectivity index (χ0v) is 8.94. The van der Waals surface area contributed by atoms with Crippen LogP contribution < -0.4 is 16.7 Å². The topological polar surface area (TPSA) is 120 Å². The Balaban J connectivity index is 2.35. The molecule has 0 radical (unpaired) electrons. The van der Waals surface area contributed by atoms with Crippen LogP contribution in [-0.4, -0.2) is 30.5 Å². The number of nitrogens with two attached hydrogens (primary N) is 1. The number of primary amides is 1. The van der Waals surface area contributed by atoms with Gasteiger partial charge in [0.05, 0.1) is 6.20 Å². The Labute approximate surface area is 98.8 Å². The Kier molecular flexibility index (Phi) is 1.99. The Morgan fingerprint density at radius 1 is 1.33 bits per heavy atom. The van der Waals surface area contributed by atoms with E-state index < -0.39 is 11.6 Å².